The van der Waals surface area contributed by atoms with Crippen molar-refractivity contribution in [3.8, 4) is 0 Å². The van der Waals surface area contributed by atoms with E-state index in [1.54, 1.807) is 18.2 Å². The second-order valence-electron chi connectivity index (χ2n) is 3.20. The zero-order valence-corrected chi connectivity index (χ0v) is 8.31. The summed E-state index contributed by atoms with van der Waals surface area (Å²) in [6.07, 6.45) is 1.44. The van der Waals surface area contributed by atoms with Crippen molar-refractivity contribution in [3.05, 3.63) is 48.1 Å². The van der Waals surface area contributed by atoms with Crippen molar-refractivity contribution in [2.45, 2.75) is 6.42 Å². The van der Waals surface area contributed by atoms with Crippen LogP contribution in [0.2, 0.25) is 0 Å². The van der Waals surface area contributed by atoms with E-state index in [0.29, 0.717) is 5.69 Å². The number of nitrogens with one attached hydrogen (secondary N) is 1. The number of hydrogen-bond donors (Lipinski definition) is 1. The molecule has 16 heavy (non-hydrogen) atoms. The number of benzene rings is 1. The number of carbonyl (C=O) groups excluding carboxylic acids is 1. The number of amides is 1. The molecule has 0 aliphatic heterocycles. The fraction of sp³-hybridized carbons (Fsp3) is 0.0909. The highest BCUT2D eigenvalue weighted by molar-refractivity contribution is 5.92. The first-order chi connectivity index (χ1) is 7.75. The lowest BCUT2D eigenvalue weighted by Gasteiger charge is -2.04. The summed E-state index contributed by atoms with van der Waals surface area (Å²) in [6.45, 7) is 0. The molecule has 0 atom stereocenters. The number of para-hydroxylation sites is 1. The molecule has 0 aliphatic carbocycles. The van der Waals surface area contributed by atoms with Gasteiger partial charge in [-0.3, -0.25) is 4.79 Å². The van der Waals surface area contributed by atoms with Gasteiger partial charge in [0.15, 0.2) is 0 Å². The van der Waals surface area contributed by atoms with Crippen LogP contribution in [0.3, 0.4) is 0 Å². The highest BCUT2D eigenvalue weighted by atomic mass is 19.1. The summed E-state index contributed by atoms with van der Waals surface area (Å²) < 4.78 is 17.8. The Bertz CT molecular complexity index is 482. The molecule has 1 amide bonds. The number of hydrogen-bond acceptors (Lipinski definition) is 3. The lowest BCUT2D eigenvalue weighted by molar-refractivity contribution is -0.115. The number of aromatic nitrogens is 1. The van der Waals surface area contributed by atoms with E-state index in [-0.39, 0.29) is 18.0 Å². The standard InChI is InChI=1S/C11H9FN2O2/c12-9-3-1-2-4-10(9)13-11(15)7-8-5-6-16-14-8/h1-6H,7H2,(H,13,15). The Morgan fingerprint density at radius 3 is 2.88 bits per heavy atom. The zero-order chi connectivity index (χ0) is 11.4. The van der Waals surface area contributed by atoms with E-state index in [1.807, 2.05) is 0 Å². The topological polar surface area (TPSA) is 55.1 Å². The predicted molar refractivity (Wildman–Crippen MR) is 55.2 cm³/mol. The van der Waals surface area contributed by atoms with Crippen molar-refractivity contribution in [1.82, 2.24) is 5.16 Å². The molecule has 0 saturated carbocycles. The monoisotopic (exact) mass is 220 g/mol. The van der Waals surface area contributed by atoms with Gasteiger partial charge in [-0.15, -0.1) is 0 Å². The summed E-state index contributed by atoms with van der Waals surface area (Å²) in [5.41, 5.74) is 0.671. The SMILES string of the molecule is O=C(Cc1ccon1)Nc1ccccc1F. The Balaban J connectivity index is 2.00. The Morgan fingerprint density at radius 1 is 1.38 bits per heavy atom. The summed E-state index contributed by atoms with van der Waals surface area (Å²) in [4.78, 5) is 11.5. The molecule has 4 nitrogen and oxygen atoms in total. The first kappa shape index (κ1) is 10.4. The van der Waals surface area contributed by atoms with Crippen LogP contribution in [0.5, 0.6) is 0 Å². The molecule has 1 aromatic heterocycles. The van der Waals surface area contributed by atoms with Crippen LogP contribution in [-0.4, -0.2) is 11.1 Å². The van der Waals surface area contributed by atoms with Crippen LogP contribution in [0, 0.1) is 5.82 Å². The first-order valence-corrected chi connectivity index (χ1v) is 4.69. The van der Waals surface area contributed by atoms with Gasteiger partial charge >= 0.3 is 0 Å². The summed E-state index contributed by atoms with van der Waals surface area (Å²) in [5.74, 6) is -0.796. The average Bonchev–Trinajstić information content (AvgIpc) is 2.74. The van der Waals surface area contributed by atoms with E-state index in [0.717, 1.165) is 0 Å². The predicted octanol–water partition coefficient (Wildman–Crippen LogP) is 1.99. The Hall–Kier alpha value is -2.17. The third-order valence-corrected chi connectivity index (χ3v) is 1.98. The summed E-state index contributed by atoms with van der Waals surface area (Å²) in [7, 11) is 0. The van der Waals surface area contributed by atoms with Gasteiger partial charge in [-0.1, -0.05) is 17.3 Å². The Kier molecular flexibility index (Phi) is 2.95. The molecule has 0 aliphatic rings. The number of rotatable bonds is 3. The molecule has 1 aromatic carbocycles. The summed E-state index contributed by atoms with van der Waals surface area (Å²) in [6, 6.07) is 7.57. The first-order valence-electron chi connectivity index (χ1n) is 4.69. The van der Waals surface area contributed by atoms with Crippen LogP contribution in [-0.2, 0) is 11.2 Å². The van der Waals surface area contributed by atoms with E-state index < -0.39 is 5.82 Å². The van der Waals surface area contributed by atoms with Crippen LogP contribution in [0.4, 0.5) is 10.1 Å². The molecule has 0 radical (unpaired) electrons. The molecule has 82 valence electrons. The molecular formula is C11H9FN2O2. The van der Waals surface area contributed by atoms with Crippen molar-refractivity contribution in [1.29, 1.82) is 0 Å². The number of halogens is 1. The van der Waals surface area contributed by atoms with E-state index in [9.17, 15) is 9.18 Å². The van der Waals surface area contributed by atoms with E-state index >= 15 is 0 Å². The zero-order valence-electron chi connectivity index (χ0n) is 8.31. The van der Waals surface area contributed by atoms with Crippen molar-refractivity contribution in [2.75, 3.05) is 5.32 Å². The lowest BCUT2D eigenvalue weighted by Crippen LogP contribution is -2.15. The maximum Gasteiger partial charge on any atom is 0.230 e. The maximum atomic E-state index is 13.2. The van der Waals surface area contributed by atoms with Gasteiger partial charge in [0.2, 0.25) is 5.91 Å². The van der Waals surface area contributed by atoms with Gasteiger partial charge in [-0.2, -0.15) is 0 Å². The molecule has 5 heteroatoms. The molecule has 0 saturated heterocycles. The average molecular weight is 220 g/mol. The second-order valence-corrected chi connectivity index (χ2v) is 3.20. The van der Waals surface area contributed by atoms with E-state index in [2.05, 4.69) is 15.0 Å². The van der Waals surface area contributed by atoms with Crippen molar-refractivity contribution in [3.63, 3.8) is 0 Å². The minimum atomic E-state index is -0.462. The van der Waals surface area contributed by atoms with Gasteiger partial charge in [0.1, 0.15) is 12.1 Å². The summed E-state index contributed by atoms with van der Waals surface area (Å²) >= 11 is 0. The molecule has 2 aromatic rings. The van der Waals surface area contributed by atoms with Gasteiger partial charge in [0.05, 0.1) is 17.8 Å². The van der Waals surface area contributed by atoms with Gasteiger partial charge in [0, 0.05) is 6.07 Å². The fourth-order valence-corrected chi connectivity index (χ4v) is 1.25. The molecular weight excluding hydrogens is 211 g/mol. The summed E-state index contributed by atoms with van der Waals surface area (Å²) in [5, 5.41) is 6.04. The fourth-order valence-electron chi connectivity index (χ4n) is 1.25. The molecule has 0 spiro atoms. The molecule has 0 bridgehead atoms. The Labute approximate surface area is 91.1 Å². The van der Waals surface area contributed by atoms with Crippen LogP contribution >= 0.6 is 0 Å². The van der Waals surface area contributed by atoms with E-state index in [4.69, 9.17) is 0 Å². The van der Waals surface area contributed by atoms with Gasteiger partial charge in [-0.05, 0) is 12.1 Å². The van der Waals surface area contributed by atoms with Crippen molar-refractivity contribution < 1.29 is 13.7 Å². The van der Waals surface area contributed by atoms with Crippen LogP contribution in [0.15, 0.2) is 41.1 Å². The van der Waals surface area contributed by atoms with Crippen molar-refractivity contribution >= 4 is 11.6 Å². The maximum absolute atomic E-state index is 13.2. The number of nitrogens with zero attached hydrogens (tertiary/aromatic N) is 1. The van der Waals surface area contributed by atoms with Gasteiger partial charge in [-0.25, -0.2) is 4.39 Å². The second kappa shape index (κ2) is 4.57. The van der Waals surface area contributed by atoms with Crippen LogP contribution < -0.4 is 5.32 Å². The largest absolute Gasteiger partial charge is 0.364 e. The normalized spacial score (nSPS) is 10.1. The number of carbonyl (C=O) groups is 1. The lowest BCUT2D eigenvalue weighted by atomic mass is 10.2. The molecule has 0 fully saturated rings. The van der Waals surface area contributed by atoms with Crippen molar-refractivity contribution in [2.24, 2.45) is 0 Å². The molecule has 1 N–H and O–H groups in total. The Morgan fingerprint density at radius 2 is 2.19 bits per heavy atom. The van der Waals surface area contributed by atoms with Gasteiger partial charge < -0.3 is 9.84 Å². The van der Waals surface area contributed by atoms with E-state index in [1.165, 1.54) is 18.4 Å². The quantitative estimate of drug-likeness (QED) is 0.860. The molecule has 1 heterocycles. The minimum Gasteiger partial charge on any atom is -0.364 e. The van der Waals surface area contributed by atoms with Gasteiger partial charge in [0.25, 0.3) is 0 Å². The molecule has 0 unspecified atom stereocenters. The number of anilines is 1. The highest BCUT2D eigenvalue weighted by Crippen LogP contribution is 2.12. The smallest absolute Gasteiger partial charge is 0.230 e. The highest BCUT2D eigenvalue weighted by Gasteiger charge is 2.08. The van der Waals surface area contributed by atoms with Crippen LogP contribution in [0.1, 0.15) is 5.69 Å². The van der Waals surface area contributed by atoms with Crippen LogP contribution in [0.25, 0.3) is 0 Å². The third kappa shape index (κ3) is 2.44. The third-order valence-electron chi connectivity index (χ3n) is 1.98. The molecule has 2 rings (SSSR count). The minimum absolute atomic E-state index is 0.0604.